The zero-order valence-electron chi connectivity index (χ0n) is 22.6. The van der Waals surface area contributed by atoms with E-state index in [2.05, 4.69) is 21.2 Å². The maximum Gasteiger partial charge on any atom is 0.312 e. The molecule has 2 aromatic heterocycles. The molecule has 3 aromatic rings. The molecule has 1 aliphatic rings. The number of carbonyl (C=O) groups excluding carboxylic acids is 1. The van der Waals surface area contributed by atoms with Crippen LogP contribution in [-0.2, 0) is 22.4 Å². The fourth-order valence-electron chi connectivity index (χ4n) is 4.67. The zero-order chi connectivity index (χ0) is 27.6. The fraction of sp³-hybridized carbons (Fsp3) is 0.483. The standard InChI is InChI=1S/C29H36N4O6/c1-20-17-21(10-12-24(20)37-16-6-15-33(2)26(34)18-27(35)36)11-13-25-31-29(39-32-25)23-9-5-14-30-28(23)38-19-22-7-3-4-8-22/h5,9-10,12,14,17,22H,3-4,6-8,11,13,15-16,18-19H2,1-2H3,(H,35,36). The number of carboxylic acids is 1. The number of carboxylic acid groups (broad SMARTS) is 1. The predicted octanol–water partition coefficient (Wildman–Crippen LogP) is 4.50. The highest BCUT2D eigenvalue weighted by molar-refractivity contribution is 5.93. The van der Waals surface area contributed by atoms with Crippen molar-refractivity contribution in [3.05, 3.63) is 53.5 Å². The van der Waals surface area contributed by atoms with Gasteiger partial charge in [-0.25, -0.2) is 4.98 Å². The summed E-state index contributed by atoms with van der Waals surface area (Å²) in [6.07, 6.45) is 8.13. The minimum atomic E-state index is -1.12. The smallest absolute Gasteiger partial charge is 0.312 e. The number of pyridine rings is 1. The first-order valence-electron chi connectivity index (χ1n) is 13.5. The number of carbonyl (C=O) groups is 2. The van der Waals surface area contributed by atoms with Crippen LogP contribution in [0.4, 0.5) is 0 Å². The summed E-state index contributed by atoms with van der Waals surface area (Å²) in [6.45, 7) is 3.51. The van der Waals surface area contributed by atoms with Crippen LogP contribution in [0.5, 0.6) is 11.6 Å². The van der Waals surface area contributed by atoms with Gasteiger partial charge >= 0.3 is 5.97 Å². The van der Waals surface area contributed by atoms with Gasteiger partial charge in [0.1, 0.15) is 17.7 Å². The molecule has 1 aliphatic carbocycles. The maximum atomic E-state index is 11.7. The molecule has 0 spiro atoms. The lowest BCUT2D eigenvalue weighted by atomic mass is 10.1. The summed E-state index contributed by atoms with van der Waals surface area (Å²) in [5, 5.41) is 12.9. The molecular formula is C29H36N4O6. The Labute approximate surface area is 228 Å². The van der Waals surface area contributed by atoms with Crippen LogP contribution in [-0.4, -0.2) is 63.8 Å². The average molecular weight is 537 g/mol. The molecule has 0 saturated heterocycles. The van der Waals surface area contributed by atoms with E-state index in [1.807, 2.05) is 31.2 Å². The number of amides is 1. The minimum Gasteiger partial charge on any atom is -0.493 e. The molecule has 39 heavy (non-hydrogen) atoms. The molecule has 208 valence electrons. The van der Waals surface area contributed by atoms with E-state index in [-0.39, 0.29) is 0 Å². The largest absolute Gasteiger partial charge is 0.493 e. The molecule has 0 unspecified atom stereocenters. The Kier molecular flexibility index (Phi) is 9.88. The van der Waals surface area contributed by atoms with Crippen molar-refractivity contribution < 1.29 is 28.7 Å². The van der Waals surface area contributed by atoms with E-state index >= 15 is 0 Å². The van der Waals surface area contributed by atoms with Gasteiger partial charge in [-0.05, 0) is 67.9 Å². The molecule has 1 saturated carbocycles. The molecule has 2 heterocycles. The maximum absolute atomic E-state index is 11.7. The molecule has 1 N–H and O–H groups in total. The van der Waals surface area contributed by atoms with Crippen molar-refractivity contribution in [3.63, 3.8) is 0 Å². The van der Waals surface area contributed by atoms with Crippen LogP contribution in [0.3, 0.4) is 0 Å². The number of rotatable bonds is 14. The van der Waals surface area contributed by atoms with Gasteiger partial charge in [0, 0.05) is 26.2 Å². The van der Waals surface area contributed by atoms with E-state index in [1.165, 1.54) is 30.6 Å². The Hall–Kier alpha value is -3.95. The van der Waals surface area contributed by atoms with Gasteiger partial charge in [-0.1, -0.05) is 30.1 Å². The summed E-state index contributed by atoms with van der Waals surface area (Å²) in [6, 6.07) is 9.76. The summed E-state index contributed by atoms with van der Waals surface area (Å²) >= 11 is 0. The second-order valence-electron chi connectivity index (χ2n) is 10.0. The lowest BCUT2D eigenvalue weighted by Gasteiger charge is -2.16. The van der Waals surface area contributed by atoms with Gasteiger partial charge in [-0.15, -0.1) is 0 Å². The summed E-state index contributed by atoms with van der Waals surface area (Å²) in [5.41, 5.74) is 2.85. The van der Waals surface area contributed by atoms with Crippen molar-refractivity contribution in [1.82, 2.24) is 20.0 Å². The van der Waals surface area contributed by atoms with Crippen LogP contribution in [0, 0.1) is 12.8 Å². The number of hydrogen-bond donors (Lipinski definition) is 1. The van der Waals surface area contributed by atoms with Crippen LogP contribution < -0.4 is 9.47 Å². The minimum absolute atomic E-state index is 0.412. The van der Waals surface area contributed by atoms with Crippen molar-refractivity contribution in [2.75, 3.05) is 26.8 Å². The number of benzene rings is 1. The Morgan fingerprint density at radius 2 is 1.97 bits per heavy atom. The lowest BCUT2D eigenvalue weighted by Crippen LogP contribution is -2.30. The van der Waals surface area contributed by atoms with E-state index in [4.69, 9.17) is 19.1 Å². The first kappa shape index (κ1) is 28.1. The Morgan fingerprint density at radius 3 is 2.74 bits per heavy atom. The SMILES string of the molecule is Cc1cc(CCc2noc(-c3cccnc3OCC3CCCC3)n2)ccc1OCCCN(C)C(=O)CC(=O)O. The normalized spacial score (nSPS) is 13.4. The quantitative estimate of drug-likeness (QED) is 0.234. The summed E-state index contributed by atoms with van der Waals surface area (Å²) in [4.78, 5) is 32.8. The number of ether oxygens (including phenoxy) is 2. The van der Waals surface area contributed by atoms with E-state index in [9.17, 15) is 9.59 Å². The number of aromatic nitrogens is 3. The van der Waals surface area contributed by atoms with Gasteiger partial charge in [0.05, 0.1) is 13.2 Å². The second-order valence-corrected chi connectivity index (χ2v) is 10.0. The lowest BCUT2D eigenvalue weighted by molar-refractivity contribution is -0.143. The molecule has 1 aromatic carbocycles. The van der Waals surface area contributed by atoms with Crippen LogP contribution in [0.25, 0.3) is 11.5 Å². The van der Waals surface area contributed by atoms with Crippen molar-refractivity contribution in [2.24, 2.45) is 5.92 Å². The summed E-state index contributed by atoms with van der Waals surface area (Å²) < 4.78 is 17.4. The second kappa shape index (κ2) is 13.7. The van der Waals surface area contributed by atoms with Gasteiger partial charge in [-0.2, -0.15) is 4.98 Å². The van der Waals surface area contributed by atoms with Gasteiger partial charge in [0.25, 0.3) is 5.89 Å². The van der Waals surface area contributed by atoms with Gasteiger partial charge < -0.3 is 24.0 Å². The molecule has 1 amide bonds. The van der Waals surface area contributed by atoms with E-state index in [1.54, 1.807) is 13.2 Å². The molecule has 10 nitrogen and oxygen atoms in total. The molecule has 0 aliphatic heterocycles. The summed E-state index contributed by atoms with van der Waals surface area (Å²) in [7, 11) is 1.60. The monoisotopic (exact) mass is 536 g/mol. The van der Waals surface area contributed by atoms with E-state index < -0.39 is 18.3 Å². The Bertz CT molecular complexity index is 1250. The first-order valence-corrected chi connectivity index (χ1v) is 13.5. The first-order chi connectivity index (χ1) is 18.9. The third kappa shape index (κ3) is 8.27. The van der Waals surface area contributed by atoms with Crippen LogP contribution in [0.15, 0.2) is 41.1 Å². The van der Waals surface area contributed by atoms with Gasteiger partial charge in [-0.3, -0.25) is 9.59 Å². The van der Waals surface area contributed by atoms with Gasteiger partial charge in [0.2, 0.25) is 11.8 Å². The fourth-order valence-corrected chi connectivity index (χ4v) is 4.67. The molecule has 0 bridgehead atoms. The molecule has 1 fully saturated rings. The third-order valence-corrected chi connectivity index (χ3v) is 6.90. The Morgan fingerprint density at radius 1 is 1.15 bits per heavy atom. The topological polar surface area (TPSA) is 128 Å². The Balaban J connectivity index is 1.25. The van der Waals surface area contributed by atoms with Crippen LogP contribution in [0.1, 0.15) is 55.5 Å². The highest BCUT2D eigenvalue weighted by Crippen LogP contribution is 2.30. The van der Waals surface area contributed by atoms with E-state index in [0.717, 1.165) is 23.3 Å². The number of aliphatic carboxylic acids is 1. The molecule has 4 rings (SSSR count). The van der Waals surface area contributed by atoms with Crippen LogP contribution in [0.2, 0.25) is 0 Å². The predicted molar refractivity (Wildman–Crippen MR) is 144 cm³/mol. The number of aryl methyl sites for hydroxylation is 3. The average Bonchev–Trinajstić information content (AvgIpc) is 3.62. The van der Waals surface area contributed by atoms with Gasteiger partial charge in [0.15, 0.2) is 5.82 Å². The van der Waals surface area contributed by atoms with Crippen molar-refractivity contribution in [3.8, 4) is 23.1 Å². The molecule has 0 atom stereocenters. The number of nitrogens with zero attached hydrogens (tertiary/aromatic N) is 4. The van der Waals surface area contributed by atoms with E-state index in [0.29, 0.717) is 61.7 Å². The van der Waals surface area contributed by atoms with Crippen molar-refractivity contribution >= 4 is 11.9 Å². The molecule has 10 heteroatoms. The third-order valence-electron chi connectivity index (χ3n) is 6.90. The van der Waals surface area contributed by atoms with Crippen LogP contribution >= 0.6 is 0 Å². The van der Waals surface area contributed by atoms with Crippen molar-refractivity contribution in [2.45, 2.75) is 58.3 Å². The molecule has 0 radical (unpaired) electrons. The molecular weight excluding hydrogens is 500 g/mol. The van der Waals surface area contributed by atoms with Crippen molar-refractivity contribution in [1.29, 1.82) is 0 Å². The zero-order valence-corrected chi connectivity index (χ0v) is 22.6. The number of hydrogen-bond acceptors (Lipinski definition) is 8. The highest BCUT2D eigenvalue weighted by atomic mass is 16.5. The summed E-state index contributed by atoms with van der Waals surface area (Å²) in [5.74, 6) is 1.39. The highest BCUT2D eigenvalue weighted by Gasteiger charge is 2.19.